The van der Waals surface area contributed by atoms with Crippen molar-refractivity contribution < 1.29 is 17.9 Å². The average molecular weight is 477 g/mol. The summed E-state index contributed by atoms with van der Waals surface area (Å²) in [5, 5.41) is 3.69. The van der Waals surface area contributed by atoms with Crippen LogP contribution in [0.15, 0.2) is 57.4 Å². The predicted molar refractivity (Wildman–Crippen MR) is 123 cm³/mol. The Hall–Kier alpha value is -2.20. The summed E-state index contributed by atoms with van der Waals surface area (Å²) >= 11 is 2.61. The van der Waals surface area contributed by atoms with Gasteiger partial charge >= 0.3 is 0 Å². The second kappa shape index (κ2) is 9.52. The molecule has 164 valence electrons. The number of piperazine rings is 1. The molecule has 4 rings (SSSR count). The first-order valence-electron chi connectivity index (χ1n) is 10.1. The summed E-state index contributed by atoms with van der Waals surface area (Å²) in [5.41, 5.74) is 2.21. The molecule has 0 atom stereocenters. The van der Waals surface area contributed by atoms with Crippen molar-refractivity contribution in [3.63, 3.8) is 0 Å². The fourth-order valence-electron chi connectivity index (χ4n) is 3.38. The largest absolute Gasteiger partial charge is 0.489 e. The first-order chi connectivity index (χ1) is 15.0. The molecule has 1 aliphatic rings. The van der Waals surface area contributed by atoms with Gasteiger partial charge in [-0.15, -0.1) is 22.7 Å². The maximum absolute atomic E-state index is 12.9. The standard InChI is InChI=1S/C22H24N2O4S3/c1-2-17-5-7-19(8-6-17)28-15-18-14-20(30-16-18)22(25)23-9-11-24(12-10-23)31(26,27)21-4-3-13-29-21/h3-8,13-14,16H,2,9-12,15H2,1H3. The third-order valence-corrected chi connectivity index (χ3v) is 9.46. The van der Waals surface area contributed by atoms with Gasteiger partial charge < -0.3 is 9.64 Å². The number of benzene rings is 1. The molecule has 2 aromatic heterocycles. The van der Waals surface area contributed by atoms with E-state index in [1.165, 1.54) is 32.5 Å². The quantitative estimate of drug-likeness (QED) is 0.515. The summed E-state index contributed by atoms with van der Waals surface area (Å²) in [6, 6.07) is 13.2. The monoisotopic (exact) mass is 476 g/mol. The maximum atomic E-state index is 12.9. The van der Waals surface area contributed by atoms with Crippen LogP contribution in [0.5, 0.6) is 5.75 Å². The number of hydrogen-bond acceptors (Lipinski definition) is 6. The van der Waals surface area contributed by atoms with E-state index in [0.717, 1.165) is 17.7 Å². The van der Waals surface area contributed by atoms with Crippen molar-refractivity contribution in [1.82, 2.24) is 9.21 Å². The third kappa shape index (κ3) is 5.01. The van der Waals surface area contributed by atoms with E-state index in [1.54, 1.807) is 22.4 Å². The summed E-state index contributed by atoms with van der Waals surface area (Å²) in [5.74, 6) is 0.746. The van der Waals surface area contributed by atoms with Crippen LogP contribution in [-0.4, -0.2) is 49.7 Å². The van der Waals surface area contributed by atoms with Crippen molar-refractivity contribution in [2.75, 3.05) is 26.2 Å². The Labute approximate surface area is 190 Å². The molecule has 0 unspecified atom stereocenters. The number of carbonyl (C=O) groups excluding carboxylic acids is 1. The van der Waals surface area contributed by atoms with Crippen molar-refractivity contribution in [3.05, 3.63) is 69.2 Å². The number of carbonyl (C=O) groups is 1. The molecule has 3 aromatic rings. The number of hydrogen-bond donors (Lipinski definition) is 0. The summed E-state index contributed by atoms with van der Waals surface area (Å²) in [6.07, 6.45) is 0.991. The summed E-state index contributed by atoms with van der Waals surface area (Å²) in [6.45, 7) is 3.90. The molecular weight excluding hydrogens is 452 g/mol. The smallest absolute Gasteiger partial charge is 0.264 e. The van der Waals surface area contributed by atoms with Gasteiger partial charge in [0, 0.05) is 31.7 Å². The number of ether oxygens (including phenoxy) is 1. The summed E-state index contributed by atoms with van der Waals surface area (Å²) in [7, 11) is -3.47. The van der Waals surface area contributed by atoms with Gasteiger partial charge in [-0.1, -0.05) is 25.1 Å². The lowest BCUT2D eigenvalue weighted by Gasteiger charge is -2.33. The average Bonchev–Trinajstić information content (AvgIpc) is 3.50. The van der Waals surface area contributed by atoms with Crippen LogP contribution < -0.4 is 4.74 Å². The van der Waals surface area contributed by atoms with Gasteiger partial charge in [0.1, 0.15) is 16.6 Å². The minimum atomic E-state index is -3.47. The number of rotatable bonds is 7. The first-order valence-corrected chi connectivity index (χ1v) is 13.3. The molecule has 1 saturated heterocycles. The molecule has 0 saturated carbocycles. The van der Waals surface area contributed by atoms with Gasteiger partial charge in [0.2, 0.25) is 0 Å². The highest BCUT2D eigenvalue weighted by atomic mass is 32.2. The highest BCUT2D eigenvalue weighted by Gasteiger charge is 2.31. The van der Waals surface area contributed by atoms with Crippen molar-refractivity contribution in [2.24, 2.45) is 0 Å². The van der Waals surface area contributed by atoms with E-state index in [0.29, 0.717) is 41.9 Å². The van der Waals surface area contributed by atoms with Crippen LogP contribution >= 0.6 is 22.7 Å². The van der Waals surface area contributed by atoms with Crippen molar-refractivity contribution >= 4 is 38.6 Å². The van der Waals surface area contributed by atoms with Crippen LogP contribution in [0.1, 0.15) is 27.7 Å². The van der Waals surface area contributed by atoms with E-state index in [-0.39, 0.29) is 5.91 Å². The van der Waals surface area contributed by atoms with Crippen molar-refractivity contribution in [1.29, 1.82) is 0 Å². The third-order valence-electron chi connectivity index (χ3n) is 5.22. The molecule has 0 bridgehead atoms. The Kier molecular flexibility index (Phi) is 6.76. The molecule has 0 N–H and O–H groups in total. The van der Waals surface area contributed by atoms with Gasteiger partial charge in [-0.2, -0.15) is 4.31 Å². The zero-order chi connectivity index (χ0) is 21.8. The molecular formula is C22H24N2O4S3. The van der Waals surface area contributed by atoms with Crippen LogP contribution in [-0.2, 0) is 23.1 Å². The van der Waals surface area contributed by atoms with E-state index in [9.17, 15) is 13.2 Å². The lowest BCUT2D eigenvalue weighted by molar-refractivity contribution is 0.0703. The SMILES string of the molecule is CCc1ccc(OCc2csc(C(=O)N3CCN(S(=O)(=O)c4cccs4)CC3)c2)cc1. The van der Waals surface area contributed by atoms with Gasteiger partial charge in [-0.05, 0) is 47.0 Å². The molecule has 1 aliphatic heterocycles. The topological polar surface area (TPSA) is 66.9 Å². The van der Waals surface area contributed by atoms with Gasteiger partial charge in [0.05, 0.1) is 4.88 Å². The van der Waals surface area contributed by atoms with Crippen LogP contribution in [0.25, 0.3) is 0 Å². The van der Waals surface area contributed by atoms with Crippen LogP contribution in [0.4, 0.5) is 0 Å². The maximum Gasteiger partial charge on any atom is 0.264 e. The second-order valence-corrected chi connectivity index (χ2v) is 11.3. The zero-order valence-electron chi connectivity index (χ0n) is 17.2. The predicted octanol–water partition coefficient (Wildman–Crippen LogP) is 4.10. The normalized spacial score (nSPS) is 15.2. The minimum absolute atomic E-state index is 0.0586. The Morgan fingerprint density at radius 2 is 1.77 bits per heavy atom. The Balaban J connectivity index is 1.32. The van der Waals surface area contributed by atoms with Crippen LogP contribution in [0, 0.1) is 0 Å². The number of nitrogens with zero attached hydrogens (tertiary/aromatic N) is 2. The van der Waals surface area contributed by atoms with Crippen LogP contribution in [0.3, 0.4) is 0 Å². The van der Waals surface area contributed by atoms with Gasteiger partial charge in [0.15, 0.2) is 0 Å². The molecule has 31 heavy (non-hydrogen) atoms. The fourth-order valence-corrected chi connectivity index (χ4v) is 6.81. The molecule has 0 radical (unpaired) electrons. The van der Waals surface area contributed by atoms with E-state index in [4.69, 9.17) is 4.74 Å². The molecule has 9 heteroatoms. The Bertz CT molecular complexity index is 1110. The number of sulfonamides is 1. The molecule has 6 nitrogen and oxygen atoms in total. The van der Waals surface area contributed by atoms with Gasteiger partial charge in [-0.3, -0.25) is 4.79 Å². The molecule has 0 spiro atoms. The molecule has 3 heterocycles. The zero-order valence-corrected chi connectivity index (χ0v) is 19.6. The summed E-state index contributed by atoms with van der Waals surface area (Å²) in [4.78, 5) is 15.2. The minimum Gasteiger partial charge on any atom is -0.489 e. The second-order valence-electron chi connectivity index (χ2n) is 7.23. The number of amides is 1. The van der Waals surface area contributed by atoms with Crippen molar-refractivity contribution in [2.45, 2.75) is 24.2 Å². The number of aryl methyl sites for hydroxylation is 1. The fraction of sp³-hybridized carbons (Fsp3) is 0.318. The van der Waals surface area contributed by atoms with E-state index in [1.807, 2.05) is 23.6 Å². The Morgan fingerprint density at radius 1 is 1.03 bits per heavy atom. The first kappa shape index (κ1) is 22.0. The lowest BCUT2D eigenvalue weighted by atomic mass is 10.2. The van der Waals surface area contributed by atoms with E-state index >= 15 is 0 Å². The van der Waals surface area contributed by atoms with Crippen LogP contribution in [0.2, 0.25) is 0 Å². The summed E-state index contributed by atoms with van der Waals surface area (Å²) < 4.78 is 32.9. The van der Waals surface area contributed by atoms with E-state index in [2.05, 4.69) is 19.1 Å². The molecule has 0 aliphatic carbocycles. The van der Waals surface area contributed by atoms with Gasteiger partial charge in [0.25, 0.3) is 15.9 Å². The van der Waals surface area contributed by atoms with Crippen molar-refractivity contribution in [3.8, 4) is 5.75 Å². The number of thiophene rings is 2. The molecule has 1 amide bonds. The van der Waals surface area contributed by atoms with Gasteiger partial charge in [-0.25, -0.2) is 8.42 Å². The highest BCUT2D eigenvalue weighted by Crippen LogP contribution is 2.24. The van der Waals surface area contributed by atoms with E-state index < -0.39 is 10.0 Å². The Morgan fingerprint density at radius 3 is 2.42 bits per heavy atom. The highest BCUT2D eigenvalue weighted by molar-refractivity contribution is 7.91. The lowest BCUT2D eigenvalue weighted by Crippen LogP contribution is -2.50. The molecule has 1 aromatic carbocycles. The molecule has 1 fully saturated rings.